The van der Waals surface area contributed by atoms with E-state index in [0.717, 1.165) is 51.4 Å². The third kappa shape index (κ3) is 34.2. The van der Waals surface area contributed by atoms with Crippen LogP contribution in [0.15, 0.2) is 60.8 Å². The van der Waals surface area contributed by atoms with Gasteiger partial charge < -0.3 is 89.9 Å². The molecule has 3 aliphatic rings. The highest BCUT2D eigenvalue weighted by atomic mass is 16.8. The third-order valence-electron chi connectivity index (χ3n) is 17.5. The van der Waals surface area contributed by atoms with Crippen molar-refractivity contribution in [1.29, 1.82) is 0 Å². The number of unbranched alkanes of at least 4 members (excludes halogenated alkanes) is 30. The third-order valence-corrected chi connectivity index (χ3v) is 17.5. The van der Waals surface area contributed by atoms with Crippen molar-refractivity contribution in [3.05, 3.63) is 60.8 Å². The van der Waals surface area contributed by atoms with Crippen LogP contribution >= 0.6 is 0 Å². The van der Waals surface area contributed by atoms with Gasteiger partial charge in [-0.3, -0.25) is 4.79 Å². The van der Waals surface area contributed by atoms with Gasteiger partial charge in [-0.05, 0) is 70.6 Å². The SMILES string of the molecule is CCCC/C=C/CC/C=C/CC/C=C/C(O)C(COC1OC(CO)C(OC2OC(CO)C(OC3OC(CO)C(O)C(O)C3O)C(O)C2O)C(O)C1O)NC(=O)CCCCCCCCCCCCCCCCCCCCCCC/C=C\C/C=C\CCCCCCC. The van der Waals surface area contributed by atoms with Crippen molar-refractivity contribution in [3.63, 3.8) is 0 Å². The van der Waals surface area contributed by atoms with Crippen LogP contribution in [-0.2, 0) is 33.2 Å². The molecule has 19 nitrogen and oxygen atoms in total. The van der Waals surface area contributed by atoms with Crippen LogP contribution in [0.4, 0.5) is 0 Å². The number of amides is 1. The molecule has 0 aromatic heterocycles. The molecule has 19 heteroatoms. The first-order valence-corrected chi connectivity index (χ1v) is 35.5. The van der Waals surface area contributed by atoms with Crippen molar-refractivity contribution in [2.75, 3.05) is 26.4 Å². The zero-order valence-corrected chi connectivity index (χ0v) is 55.4. The molecule has 524 valence electrons. The summed E-state index contributed by atoms with van der Waals surface area (Å²) in [5.41, 5.74) is 0. The smallest absolute Gasteiger partial charge is 0.220 e. The number of allylic oxidation sites excluding steroid dienone is 9. The maximum Gasteiger partial charge on any atom is 0.220 e. The van der Waals surface area contributed by atoms with Crippen LogP contribution in [-0.4, -0.2) is 193 Å². The number of aliphatic hydroxyl groups is 11. The molecule has 3 heterocycles. The van der Waals surface area contributed by atoms with Crippen molar-refractivity contribution >= 4 is 5.91 Å². The van der Waals surface area contributed by atoms with Crippen molar-refractivity contribution in [1.82, 2.24) is 5.32 Å². The highest BCUT2D eigenvalue weighted by Gasteiger charge is 2.53. The Labute approximate surface area is 541 Å². The first kappa shape index (κ1) is 81.7. The number of hydrogen-bond acceptors (Lipinski definition) is 18. The standard InChI is InChI=1S/C71H127NO18/c1-3-5-7-9-11-13-15-17-18-19-20-21-22-23-24-25-26-27-28-29-30-31-32-33-34-35-36-37-39-41-43-45-47-49-59(77)72-54(55(76)48-46-44-42-40-38-16-14-12-10-8-6-4-2)53-85-69-65(83)62(80)67(57(51-74)87-69)90-71-66(84)63(81)68(58(52-75)88-71)89-70-64(82)61(79)60(78)56(50-73)86-70/h10,12,15,17,19-20,38,40,46,48,54-58,60-71,73-76,78-84H,3-9,11,13-14,16,18,21-37,39,41-45,47,49-53H2,1-2H3,(H,72,77)/b12-10+,17-15-,20-19-,40-38+,48-46+. The number of hydrogen-bond donors (Lipinski definition) is 12. The molecule has 12 N–H and O–H groups in total. The van der Waals surface area contributed by atoms with Crippen LogP contribution in [0.2, 0.25) is 0 Å². The summed E-state index contributed by atoms with van der Waals surface area (Å²) in [4.78, 5) is 13.4. The monoisotopic (exact) mass is 1280 g/mol. The Balaban J connectivity index is 1.34. The normalized spacial score (nSPS) is 28.4. The van der Waals surface area contributed by atoms with E-state index in [9.17, 15) is 61.0 Å². The van der Waals surface area contributed by atoms with E-state index in [2.05, 4.69) is 67.8 Å². The van der Waals surface area contributed by atoms with Crippen molar-refractivity contribution in [2.24, 2.45) is 0 Å². The van der Waals surface area contributed by atoms with Gasteiger partial charge in [0.15, 0.2) is 18.9 Å². The zero-order valence-electron chi connectivity index (χ0n) is 55.4. The van der Waals surface area contributed by atoms with Crippen LogP contribution in [0.5, 0.6) is 0 Å². The zero-order chi connectivity index (χ0) is 65.4. The molecule has 1 amide bonds. The van der Waals surface area contributed by atoms with Crippen LogP contribution < -0.4 is 5.32 Å². The van der Waals surface area contributed by atoms with E-state index in [0.29, 0.717) is 12.8 Å². The average molecular weight is 1280 g/mol. The maximum atomic E-state index is 13.4. The number of carbonyl (C=O) groups excluding carboxylic acids is 1. The highest BCUT2D eigenvalue weighted by molar-refractivity contribution is 5.76. The molecule has 0 saturated carbocycles. The Morgan fingerprint density at radius 2 is 0.756 bits per heavy atom. The molecule has 0 radical (unpaired) electrons. The fourth-order valence-electron chi connectivity index (χ4n) is 11.7. The fourth-order valence-corrected chi connectivity index (χ4v) is 11.7. The van der Waals surface area contributed by atoms with E-state index in [1.807, 2.05) is 6.08 Å². The minimum atomic E-state index is -1.98. The largest absolute Gasteiger partial charge is 0.394 e. The Hall–Kier alpha value is -2.51. The molecule has 0 aromatic rings. The van der Waals surface area contributed by atoms with E-state index in [4.69, 9.17) is 28.4 Å². The van der Waals surface area contributed by atoms with Gasteiger partial charge in [-0.2, -0.15) is 0 Å². The summed E-state index contributed by atoms with van der Waals surface area (Å²) in [6.45, 7) is 1.64. The van der Waals surface area contributed by atoms with Gasteiger partial charge in [-0.25, -0.2) is 0 Å². The van der Waals surface area contributed by atoms with E-state index in [1.54, 1.807) is 6.08 Å². The molecule has 3 aliphatic heterocycles. The molecule has 17 atom stereocenters. The molecule has 0 spiro atoms. The summed E-state index contributed by atoms with van der Waals surface area (Å²) in [7, 11) is 0. The van der Waals surface area contributed by atoms with Gasteiger partial charge in [0, 0.05) is 6.42 Å². The molecule has 0 aliphatic carbocycles. The second kappa shape index (κ2) is 52.7. The van der Waals surface area contributed by atoms with E-state index < -0.39 is 124 Å². The molecular formula is C71H127NO18. The van der Waals surface area contributed by atoms with Crippen LogP contribution in [0, 0.1) is 0 Å². The van der Waals surface area contributed by atoms with Gasteiger partial charge >= 0.3 is 0 Å². The highest BCUT2D eigenvalue weighted by Crippen LogP contribution is 2.33. The molecule has 0 bridgehead atoms. The minimum absolute atomic E-state index is 0.233. The number of ether oxygens (including phenoxy) is 6. The first-order chi connectivity index (χ1) is 43.8. The second-order valence-electron chi connectivity index (χ2n) is 25.3. The lowest BCUT2D eigenvalue weighted by Gasteiger charge is -2.48. The predicted molar refractivity (Wildman–Crippen MR) is 351 cm³/mol. The summed E-state index contributed by atoms with van der Waals surface area (Å²) in [6.07, 6.45) is 38.1. The van der Waals surface area contributed by atoms with Gasteiger partial charge in [0.05, 0.1) is 38.6 Å². The average Bonchev–Trinajstić information content (AvgIpc) is 1.80. The van der Waals surface area contributed by atoms with Crippen LogP contribution in [0.25, 0.3) is 0 Å². The van der Waals surface area contributed by atoms with E-state index >= 15 is 0 Å². The summed E-state index contributed by atoms with van der Waals surface area (Å²) in [6, 6.07) is -0.996. The van der Waals surface area contributed by atoms with Crippen molar-refractivity contribution < 1.29 is 89.4 Å². The molecular weight excluding hydrogens is 1150 g/mol. The quantitative estimate of drug-likeness (QED) is 0.0199. The number of aliphatic hydroxyl groups excluding tert-OH is 11. The molecule has 90 heavy (non-hydrogen) atoms. The lowest BCUT2D eigenvalue weighted by atomic mass is 9.96. The number of rotatable bonds is 54. The first-order valence-electron chi connectivity index (χ1n) is 35.5. The minimum Gasteiger partial charge on any atom is -0.394 e. The lowest BCUT2D eigenvalue weighted by Crippen LogP contribution is -2.66. The Morgan fingerprint density at radius 1 is 0.400 bits per heavy atom. The van der Waals surface area contributed by atoms with Crippen molar-refractivity contribution in [2.45, 2.75) is 356 Å². The van der Waals surface area contributed by atoms with Gasteiger partial charge in [0.1, 0.15) is 73.2 Å². The van der Waals surface area contributed by atoms with Crippen LogP contribution in [0.1, 0.15) is 251 Å². The van der Waals surface area contributed by atoms with Crippen LogP contribution in [0.3, 0.4) is 0 Å². The van der Waals surface area contributed by atoms with Gasteiger partial charge in [-0.1, -0.05) is 235 Å². The predicted octanol–water partition coefficient (Wildman–Crippen LogP) is 9.55. The molecule has 3 rings (SSSR count). The second-order valence-corrected chi connectivity index (χ2v) is 25.3. The summed E-state index contributed by atoms with van der Waals surface area (Å²) in [5.74, 6) is -0.289. The summed E-state index contributed by atoms with van der Waals surface area (Å²) in [5, 5.41) is 120. The van der Waals surface area contributed by atoms with Gasteiger partial charge in [0.2, 0.25) is 5.91 Å². The lowest BCUT2D eigenvalue weighted by molar-refractivity contribution is -0.379. The fraction of sp³-hybridized carbons (Fsp3) is 0.845. The number of nitrogens with one attached hydrogen (secondary N) is 1. The molecule has 17 unspecified atom stereocenters. The Bertz CT molecular complexity index is 1870. The van der Waals surface area contributed by atoms with Gasteiger partial charge in [-0.15, -0.1) is 0 Å². The number of carbonyl (C=O) groups is 1. The van der Waals surface area contributed by atoms with Gasteiger partial charge in [0.25, 0.3) is 0 Å². The maximum absolute atomic E-state index is 13.4. The Morgan fingerprint density at radius 3 is 1.21 bits per heavy atom. The molecule has 3 fully saturated rings. The van der Waals surface area contributed by atoms with E-state index in [1.165, 1.54) is 167 Å². The van der Waals surface area contributed by atoms with E-state index in [-0.39, 0.29) is 18.9 Å². The molecule has 0 aromatic carbocycles. The molecule has 3 saturated heterocycles. The Kier molecular flexibility index (Phi) is 47.9. The topological polar surface area (TPSA) is 307 Å². The summed E-state index contributed by atoms with van der Waals surface area (Å²) >= 11 is 0. The summed E-state index contributed by atoms with van der Waals surface area (Å²) < 4.78 is 34.3. The van der Waals surface area contributed by atoms with Crippen molar-refractivity contribution in [3.8, 4) is 0 Å².